The highest BCUT2D eigenvalue weighted by Crippen LogP contribution is 2.34. The second-order valence-electron chi connectivity index (χ2n) is 5.33. The van der Waals surface area contributed by atoms with Crippen molar-refractivity contribution in [3.05, 3.63) is 48.0 Å². The summed E-state index contributed by atoms with van der Waals surface area (Å²) in [5.41, 5.74) is 0.484. The second kappa shape index (κ2) is 5.74. The Kier molecular flexibility index (Phi) is 3.90. The lowest BCUT2D eigenvalue weighted by molar-refractivity contribution is -0.140. The van der Waals surface area contributed by atoms with E-state index in [9.17, 15) is 17.6 Å². The molecule has 0 aliphatic carbocycles. The molecule has 2 heterocycles. The van der Waals surface area contributed by atoms with Crippen molar-refractivity contribution in [3.63, 3.8) is 0 Å². The second-order valence-corrected chi connectivity index (χ2v) is 6.89. The number of halogens is 1. The number of carbonyl (C=O) groups excluding carboxylic acids is 1. The Morgan fingerprint density at radius 3 is 2.70 bits per heavy atom. The van der Waals surface area contributed by atoms with E-state index < -0.39 is 10.0 Å². The summed E-state index contributed by atoms with van der Waals surface area (Å²) in [4.78, 5) is 13.7. The molecule has 23 heavy (non-hydrogen) atoms. The first kappa shape index (κ1) is 15.6. The topological polar surface area (TPSA) is 98.3 Å². The zero-order chi connectivity index (χ0) is 16.6. The maximum Gasteiger partial charge on any atom is 0.244 e. The maximum atomic E-state index is 13.8. The number of amides is 1. The fraction of sp³-hybridized carbons (Fsp3) is 0.286. The number of benzene rings is 1. The summed E-state index contributed by atoms with van der Waals surface area (Å²) in [5.74, 6) is -0.598. The van der Waals surface area contributed by atoms with Gasteiger partial charge in [-0.3, -0.25) is 9.48 Å². The van der Waals surface area contributed by atoms with E-state index in [1.165, 1.54) is 16.9 Å². The summed E-state index contributed by atoms with van der Waals surface area (Å²) in [6, 6.07) is 6.05. The summed E-state index contributed by atoms with van der Waals surface area (Å²) in [5, 5.41) is 8.81. The molecule has 1 amide bonds. The number of hydrogen-bond donors (Lipinski definition) is 1. The minimum atomic E-state index is -3.85. The number of nitrogens with zero attached hydrogens (tertiary/aromatic N) is 3. The highest BCUT2D eigenvalue weighted by atomic mass is 32.2. The Hall–Kier alpha value is -2.26. The van der Waals surface area contributed by atoms with Crippen LogP contribution in [0.4, 0.5) is 4.39 Å². The van der Waals surface area contributed by atoms with E-state index in [-0.39, 0.29) is 29.2 Å². The quantitative estimate of drug-likeness (QED) is 0.884. The highest BCUT2D eigenvalue weighted by molar-refractivity contribution is 7.89. The van der Waals surface area contributed by atoms with Crippen LogP contribution < -0.4 is 5.14 Å². The monoisotopic (exact) mass is 338 g/mol. The van der Waals surface area contributed by atoms with Gasteiger partial charge < -0.3 is 4.90 Å². The van der Waals surface area contributed by atoms with Gasteiger partial charge in [0.25, 0.3) is 0 Å². The smallest absolute Gasteiger partial charge is 0.244 e. The maximum absolute atomic E-state index is 13.8. The molecule has 1 fully saturated rings. The van der Waals surface area contributed by atoms with E-state index in [4.69, 9.17) is 5.14 Å². The third-order valence-corrected chi connectivity index (χ3v) is 4.71. The van der Waals surface area contributed by atoms with E-state index in [0.29, 0.717) is 18.5 Å². The summed E-state index contributed by atoms with van der Waals surface area (Å²) in [7, 11) is -3.85. The average Bonchev–Trinajstić information content (AvgIpc) is 2.88. The molecule has 0 radical (unpaired) electrons. The number of rotatable bonds is 4. The van der Waals surface area contributed by atoms with E-state index in [2.05, 4.69) is 5.10 Å². The summed E-state index contributed by atoms with van der Waals surface area (Å²) in [6.45, 7) is 0.404. The molecule has 9 heteroatoms. The predicted molar refractivity (Wildman–Crippen MR) is 79.1 cm³/mol. The van der Waals surface area contributed by atoms with Crippen LogP contribution in [0.1, 0.15) is 18.0 Å². The van der Waals surface area contributed by atoms with Gasteiger partial charge >= 0.3 is 0 Å². The normalized spacial score (nSPS) is 17.8. The van der Waals surface area contributed by atoms with Gasteiger partial charge in [0.1, 0.15) is 17.3 Å². The molecule has 1 unspecified atom stereocenters. The molecule has 0 spiro atoms. The first-order chi connectivity index (χ1) is 10.9. The van der Waals surface area contributed by atoms with Crippen LogP contribution in [0.15, 0.2) is 41.6 Å². The molecular weight excluding hydrogens is 323 g/mol. The minimum absolute atomic E-state index is 0.125. The fourth-order valence-electron chi connectivity index (χ4n) is 2.56. The SMILES string of the molecule is NS(=O)(=O)c1cnn(CC(=O)N2CCC2c2ccccc2F)c1. The highest BCUT2D eigenvalue weighted by Gasteiger charge is 2.34. The Morgan fingerprint density at radius 1 is 1.39 bits per heavy atom. The van der Waals surface area contributed by atoms with Gasteiger partial charge in [-0.1, -0.05) is 18.2 Å². The van der Waals surface area contributed by atoms with Crippen molar-refractivity contribution in [1.82, 2.24) is 14.7 Å². The lowest BCUT2D eigenvalue weighted by atomic mass is 9.94. The number of nitrogens with two attached hydrogens (primary N) is 1. The van der Waals surface area contributed by atoms with Crippen LogP contribution in [-0.4, -0.2) is 35.6 Å². The number of carbonyl (C=O) groups is 1. The number of likely N-dealkylation sites (tertiary alicyclic amines) is 1. The zero-order valence-corrected chi connectivity index (χ0v) is 12.9. The number of hydrogen-bond acceptors (Lipinski definition) is 4. The largest absolute Gasteiger partial charge is 0.334 e. The standard InChI is InChI=1S/C14H15FN4O3S/c15-12-4-2-1-3-11(12)13-5-6-19(13)14(20)9-18-8-10(7-17-18)23(16,21)22/h1-4,7-8,13H,5-6,9H2,(H2,16,21,22). The van der Waals surface area contributed by atoms with Crippen LogP contribution in [0.2, 0.25) is 0 Å². The molecule has 1 saturated heterocycles. The van der Waals surface area contributed by atoms with Gasteiger partial charge in [0.05, 0.1) is 12.2 Å². The van der Waals surface area contributed by atoms with Crippen LogP contribution in [0.5, 0.6) is 0 Å². The molecule has 1 aliphatic rings. The van der Waals surface area contributed by atoms with Gasteiger partial charge in [-0.15, -0.1) is 0 Å². The average molecular weight is 338 g/mol. The van der Waals surface area contributed by atoms with Gasteiger partial charge in [0.2, 0.25) is 15.9 Å². The molecule has 3 rings (SSSR count). The molecular formula is C14H15FN4O3S. The molecule has 122 valence electrons. The van der Waals surface area contributed by atoms with Gasteiger partial charge in [-0.25, -0.2) is 17.9 Å². The summed E-state index contributed by atoms with van der Waals surface area (Å²) in [6.07, 6.45) is 2.98. The first-order valence-electron chi connectivity index (χ1n) is 6.95. The summed E-state index contributed by atoms with van der Waals surface area (Å²) >= 11 is 0. The van der Waals surface area contributed by atoms with Crippen LogP contribution >= 0.6 is 0 Å². The molecule has 0 bridgehead atoms. The third kappa shape index (κ3) is 3.10. The Labute approximate surface area is 132 Å². The van der Waals surface area contributed by atoms with Crippen LogP contribution in [-0.2, 0) is 21.4 Å². The van der Waals surface area contributed by atoms with Gasteiger partial charge in [-0.05, 0) is 12.5 Å². The van der Waals surface area contributed by atoms with Crippen molar-refractivity contribution in [2.45, 2.75) is 23.9 Å². The lowest BCUT2D eigenvalue weighted by Gasteiger charge is -2.41. The van der Waals surface area contributed by atoms with Gasteiger partial charge in [-0.2, -0.15) is 5.10 Å². The molecule has 1 aromatic heterocycles. The number of aromatic nitrogens is 2. The Bertz CT molecular complexity index is 849. The van der Waals surface area contributed by atoms with Crippen LogP contribution in [0, 0.1) is 5.82 Å². The minimum Gasteiger partial charge on any atom is -0.334 e. The zero-order valence-electron chi connectivity index (χ0n) is 12.1. The van der Waals surface area contributed by atoms with Gasteiger partial charge in [0, 0.05) is 18.3 Å². The van der Waals surface area contributed by atoms with Crippen molar-refractivity contribution < 1.29 is 17.6 Å². The van der Waals surface area contributed by atoms with Crippen LogP contribution in [0.25, 0.3) is 0 Å². The number of sulfonamides is 1. The van der Waals surface area contributed by atoms with Crippen molar-refractivity contribution >= 4 is 15.9 Å². The van der Waals surface area contributed by atoms with Crippen molar-refractivity contribution in [2.75, 3.05) is 6.54 Å². The van der Waals surface area contributed by atoms with E-state index in [1.54, 1.807) is 23.1 Å². The van der Waals surface area contributed by atoms with Crippen molar-refractivity contribution in [2.24, 2.45) is 5.14 Å². The summed E-state index contributed by atoms with van der Waals surface area (Å²) < 4.78 is 37.4. The Balaban J connectivity index is 1.72. The molecule has 7 nitrogen and oxygen atoms in total. The number of primary sulfonamides is 1. The van der Waals surface area contributed by atoms with Crippen LogP contribution in [0.3, 0.4) is 0 Å². The first-order valence-corrected chi connectivity index (χ1v) is 8.50. The predicted octanol–water partition coefficient (Wildman–Crippen LogP) is 0.643. The Morgan fingerprint density at radius 2 is 2.13 bits per heavy atom. The van der Waals surface area contributed by atoms with Gasteiger partial charge in [0.15, 0.2) is 0 Å². The third-order valence-electron chi connectivity index (χ3n) is 3.84. The van der Waals surface area contributed by atoms with E-state index >= 15 is 0 Å². The molecule has 1 atom stereocenters. The lowest BCUT2D eigenvalue weighted by Crippen LogP contribution is -2.46. The fourth-order valence-corrected chi connectivity index (χ4v) is 3.02. The van der Waals surface area contributed by atoms with E-state index in [1.807, 2.05) is 0 Å². The molecule has 2 N–H and O–H groups in total. The molecule has 1 aromatic carbocycles. The van der Waals surface area contributed by atoms with Crippen molar-refractivity contribution in [3.8, 4) is 0 Å². The van der Waals surface area contributed by atoms with Crippen molar-refractivity contribution in [1.29, 1.82) is 0 Å². The molecule has 0 saturated carbocycles. The molecule has 1 aliphatic heterocycles. The van der Waals surface area contributed by atoms with E-state index in [0.717, 1.165) is 6.20 Å². The molecule has 2 aromatic rings.